The van der Waals surface area contributed by atoms with E-state index >= 15 is 0 Å². The van der Waals surface area contributed by atoms with E-state index in [-0.39, 0.29) is 19.0 Å². The first-order valence-electron chi connectivity index (χ1n) is 8.32. The minimum atomic E-state index is -0.870. The summed E-state index contributed by atoms with van der Waals surface area (Å²) in [4.78, 5) is 4.06. The van der Waals surface area contributed by atoms with Gasteiger partial charge in [0.15, 0.2) is 0 Å². The molecule has 0 unspecified atom stereocenters. The van der Waals surface area contributed by atoms with Gasteiger partial charge in [-0.1, -0.05) is 54.6 Å². The average molecular weight is 370 g/mol. The van der Waals surface area contributed by atoms with Crippen LogP contribution in [0.3, 0.4) is 0 Å². The van der Waals surface area contributed by atoms with Gasteiger partial charge in [0.1, 0.15) is 12.4 Å². The molecule has 26 heavy (non-hydrogen) atoms. The van der Waals surface area contributed by atoms with Crippen molar-refractivity contribution in [3.05, 3.63) is 84.7 Å². The van der Waals surface area contributed by atoms with Crippen LogP contribution in [0.4, 0.5) is 0 Å². The SMILES string of the molecule is Cl.c1ccc(-c2ccc(C3(COc4cccnc4)OCCO3)cc2)cc1. The number of hydrogen-bond acceptors (Lipinski definition) is 4. The van der Waals surface area contributed by atoms with Gasteiger partial charge in [-0.2, -0.15) is 0 Å². The van der Waals surface area contributed by atoms with Crippen molar-refractivity contribution < 1.29 is 14.2 Å². The zero-order chi connectivity index (χ0) is 17.0. The fourth-order valence-electron chi connectivity index (χ4n) is 2.95. The Morgan fingerprint density at radius 1 is 0.846 bits per heavy atom. The zero-order valence-corrected chi connectivity index (χ0v) is 15.0. The van der Waals surface area contributed by atoms with Crippen molar-refractivity contribution >= 4 is 12.4 Å². The third kappa shape index (κ3) is 3.88. The van der Waals surface area contributed by atoms with E-state index in [4.69, 9.17) is 14.2 Å². The van der Waals surface area contributed by atoms with Crippen LogP contribution in [-0.2, 0) is 15.3 Å². The van der Waals surface area contributed by atoms with Crippen LogP contribution in [0.5, 0.6) is 5.75 Å². The molecule has 3 aromatic rings. The minimum Gasteiger partial charge on any atom is -0.486 e. The first-order chi connectivity index (χ1) is 12.4. The van der Waals surface area contributed by atoms with Gasteiger partial charge in [0.05, 0.1) is 19.4 Å². The lowest BCUT2D eigenvalue weighted by atomic mass is 10.0. The molecule has 5 heteroatoms. The maximum atomic E-state index is 5.93. The molecule has 0 bridgehead atoms. The molecular formula is C21H20ClNO3. The summed E-state index contributed by atoms with van der Waals surface area (Å²) >= 11 is 0. The molecule has 1 aliphatic heterocycles. The molecule has 0 radical (unpaired) electrons. The average Bonchev–Trinajstić information content (AvgIpc) is 3.18. The van der Waals surface area contributed by atoms with Crippen molar-refractivity contribution in [1.82, 2.24) is 4.98 Å². The summed E-state index contributed by atoms with van der Waals surface area (Å²) in [6.07, 6.45) is 3.40. The Hall–Kier alpha value is -2.40. The van der Waals surface area contributed by atoms with Gasteiger partial charge in [0, 0.05) is 11.8 Å². The van der Waals surface area contributed by atoms with Gasteiger partial charge < -0.3 is 14.2 Å². The third-order valence-electron chi connectivity index (χ3n) is 4.25. The number of pyridine rings is 1. The number of benzene rings is 2. The number of halogens is 1. The second kappa shape index (κ2) is 8.32. The molecule has 0 amide bonds. The number of rotatable bonds is 5. The van der Waals surface area contributed by atoms with Crippen LogP contribution < -0.4 is 4.74 Å². The molecule has 0 aliphatic carbocycles. The number of aromatic nitrogens is 1. The van der Waals surface area contributed by atoms with Crippen molar-refractivity contribution in [2.75, 3.05) is 19.8 Å². The second-order valence-corrected chi connectivity index (χ2v) is 5.87. The van der Waals surface area contributed by atoms with Crippen molar-refractivity contribution in [3.63, 3.8) is 0 Å². The number of nitrogens with zero attached hydrogens (tertiary/aromatic N) is 1. The molecule has 4 rings (SSSR count). The van der Waals surface area contributed by atoms with Crippen LogP contribution in [0, 0.1) is 0 Å². The molecule has 0 N–H and O–H groups in total. The molecule has 2 heterocycles. The van der Waals surface area contributed by atoms with E-state index < -0.39 is 5.79 Å². The van der Waals surface area contributed by atoms with Gasteiger partial charge in [-0.15, -0.1) is 12.4 Å². The summed E-state index contributed by atoms with van der Waals surface area (Å²) in [6, 6.07) is 22.2. The number of hydrogen-bond donors (Lipinski definition) is 0. The Bertz CT molecular complexity index is 804. The second-order valence-electron chi connectivity index (χ2n) is 5.87. The molecule has 1 aromatic heterocycles. The monoisotopic (exact) mass is 369 g/mol. The van der Waals surface area contributed by atoms with Gasteiger partial charge >= 0.3 is 0 Å². The molecule has 1 saturated heterocycles. The highest BCUT2D eigenvalue weighted by Crippen LogP contribution is 2.33. The van der Waals surface area contributed by atoms with E-state index in [9.17, 15) is 0 Å². The fourth-order valence-corrected chi connectivity index (χ4v) is 2.95. The first kappa shape index (κ1) is 18.4. The zero-order valence-electron chi connectivity index (χ0n) is 14.2. The van der Waals surface area contributed by atoms with Crippen molar-refractivity contribution in [2.24, 2.45) is 0 Å². The maximum Gasteiger partial charge on any atom is 0.230 e. The highest BCUT2D eigenvalue weighted by Gasteiger charge is 2.39. The molecule has 0 atom stereocenters. The summed E-state index contributed by atoms with van der Waals surface area (Å²) in [5, 5.41) is 0. The molecule has 0 spiro atoms. The van der Waals surface area contributed by atoms with E-state index in [2.05, 4.69) is 29.2 Å². The lowest BCUT2D eigenvalue weighted by molar-refractivity contribution is -0.185. The fraction of sp³-hybridized carbons (Fsp3) is 0.190. The topological polar surface area (TPSA) is 40.6 Å². The summed E-state index contributed by atoms with van der Waals surface area (Å²) in [5.74, 6) is -0.174. The highest BCUT2D eigenvalue weighted by molar-refractivity contribution is 5.85. The summed E-state index contributed by atoms with van der Waals surface area (Å²) in [7, 11) is 0. The lowest BCUT2D eigenvalue weighted by Gasteiger charge is -2.27. The Morgan fingerprint density at radius 3 is 2.19 bits per heavy atom. The Morgan fingerprint density at radius 2 is 1.54 bits per heavy atom. The highest BCUT2D eigenvalue weighted by atomic mass is 35.5. The van der Waals surface area contributed by atoms with Crippen LogP contribution in [0.15, 0.2) is 79.1 Å². The van der Waals surface area contributed by atoms with Crippen molar-refractivity contribution in [3.8, 4) is 16.9 Å². The summed E-state index contributed by atoms with van der Waals surface area (Å²) < 4.78 is 17.7. The van der Waals surface area contributed by atoms with Crippen LogP contribution in [0.2, 0.25) is 0 Å². The molecule has 0 saturated carbocycles. The molecule has 134 valence electrons. The maximum absolute atomic E-state index is 5.93. The minimum absolute atomic E-state index is 0. The Balaban J connectivity index is 0.00000196. The van der Waals surface area contributed by atoms with Gasteiger partial charge in [0.25, 0.3) is 0 Å². The summed E-state index contributed by atoms with van der Waals surface area (Å²) in [6.45, 7) is 1.39. The quantitative estimate of drug-likeness (QED) is 0.666. The van der Waals surface area contributed by atoms with Gasteiger partial charge in [-0.3, -0.25) is 4.98 Å². The Kier molecular flexibility index (Phi) is 5.89. The Labute approximate surface area is 159 Å². The predicted molar refractivity (Wildman–Crippen MR) is 102 cm³/mol. The van der Waals surface area contributed by atoms with Gasteiger partial charge in [-0.05, 0) is 23.3 Å². The smallest absolute Gasteiger partial charge is 0.230 e. The first-order valence-corrected chi connectivity index (χ1v) is 8.32. The van der Waals surface area contributed by atoms with E-state index in [0.29, 0.717) is 19.0 Å². The van der Waals surface area contributed by atoms with Crippen molar-refractivity contribution in [2.45, 2.75) is 5.79 Å². The molecule has 1 fully saturated rings. The van der Waals surface area contributed by atoms with E-state index in [0.717, 1.165) is 11.1 Å². The largest absolute Gasteiger partial charge is 0.486 e. The van der Waals surface area contributed by atoms with Gasteiger partial charge in [0.2, 0.25) is 5.79 Å². The third-order valence-corrected chi connectivity index (χ3v) is 4.25. The lowest BCUT2D eigenvalue weighted by Crippen LogP contribution is -2.34. The molecule has 2 aromatic carbocycles. The van der Waals surface area contributed by atoms with Crippen LogP contribution >= 0.6 is 12.4 Å². The van der Waals surface area contributed by atoms with Crippen LogP contribution in [0.25, 0.3) is 11.1 Å². The molecule has 4 nitrogen and oxygen atoms in total. The van der Waals surface area contributed by atoms with Crippen LogP contribution in [-0.4, -0.2) is 24.8 Å². The van der Waals surface area contributed by atoms with E-state index in [1.54, 1.807) is 12.4 Å². The van der Waals surface area contributed by atoms with Crippen molar-refractivity contribution in [1.29, 1.82) is 0 Å². The predicted octanol–water partition coefficient (Wildman–Crippen LogP) is 4.45. The standard InChI is InChI=1S/C21H19NO3.ClH/c1-2-5-17(6-3-1)18-8-10-19(11-9-18)21(24-13-14-25-21)16-23-20-7-4-12-22-15-20;/h1-12,15H,13-14,16H2;1H. The van der Waals surface area contributed by atoms with E-state index in [1.165, 1.54) is 5.56 Å². The normalized spacial score (nSPS) is 15.2. The van der Waals surface area contributed by atoms with E-state index in [1.807, 2.05) is 42.5 Å². The summed E-state index contributed by atoms with van der Waals surface area (Å²) in [5.41, 5.74) is 3.29. The van der Waals surface area contributed by atoms with Gasteiger partial charge in [-0.25, -0.2) is 0 Å². The molecule has 1 aliphatic rings. The van der Waals surface area contributed by atoms with Crippen LogP contribution in [0.1, 0.15) is 5.56 Å². The molecular weight excluding hydrogens is 350 g/mol. The number of ether oxygens (including phenoxy) is 3.